The summed E-state index contributed by atoms with van der Waals surface area (Å²) < 4.78 is 10.7. The third kappa shape index (κ3) is 4.26. The summed E-state index contributed by atoms with van der Waals surface area (Å²) in [7, 11) is 1.59. The Morgan fingerprint density at radius 2 is 1.84 bits per heavy atom. The molecule has 1 aromatic heterocycles. The molecular formula is C17H14ClN3O3S. The summed E-state index contributed by atoms with van der Waals surface area (Å²) in [5.41, 5.74) is 0.815. The maximum Gasteiger partial charge on any atom is 0.264 e. The number of aromatic nitrogens is 2. The normalized spacial score (nSPS) is 10.3. The van der Waals surface area contributed by atoms with Gasteiger partial charge in [-0.25, -0.2) is 0 Å². The zero-order valence-corrected chi connectivity index (χ0v) is 14.8. The van der Waals surface area contributed by atoms with E-state index in [4.69, 9.17) is 21.1 Å². The molecule has 0 bridgehead atoms. The fraction of sp³-hybridized carbons (Fsp3) is 0.118. The molecule has 0 spiro atoms. The molecule has 0 saturated carbocycles. The minimum absolute atomic E-state index is 0.173. The lowest BCUT2D eigenvalue weighted by Gasteiger charge is -2.06. The van der Waals surface area contributed by atoms with Gasteiger partial charge in [0.15, 0.2) is 11.6 Å². The zero-order chi connectivity index (χ0) is 17.6. The van der Waals surface area contributed by atoms with Crippen molar-refractivity contribution in [3.63, 3.8) is 0 Å². The lowest BCUT2D eigenvalue weighted by Crippen LogP contribution is -2.20. The van der Waals surface area contributed by atoms with Crippen molar-refractivity contribution in [1.29, 1.82) is 0 Å². The predicted octanol–water partition coefficient (Wildman–Crippen LogP) is 3.88. The van der Waals surface area contributed by atoms with E-state index in [9.17, 15) is 4.79 Å². The van der Waals surface area contributed by atoms with Gasteiger partial charge in [0.25, 0.3) is 5.91 Å². The second-order valence-electron chi connectivity index (χ2n) is 4.88. The van der Waals surface area contributed by atoms with Gasteiger partial charge in [0.2, 0.25) is 5.13 Å². The first kappa shape index (κ1) is 17.2. The first-order valence-electron chi connectivity index (χ1n) is 7.31. The molecule has 3 aromatic rings. The maximum absolute atomic E-state index is 12.0. The van der Waals surface area contributed by atoms with Crippen molar-refractivity contribution >= 4 is 34.0 Å². The van der Waals surface area contributed by atoms with Crippen LogP contribution in [0.4, 0.5) is 5.13 Å². The van der Waals surface area contributed by atoms with Gasteiger partial charge in [0.1, 0.15) is 11.5 Å². The molecule has 0 atom stereocenters. The molecule has 1 heterocycles. The van der Waals surface area contributed by atoms with Crippen LogP contribution < -0.4 is 14.8 Å². The van der Waals surface area contributed by atoms with Crippen LogP contribution in [0.1, 0.15) is 0 Å². The number of hydrogen-bond donors (Lipinski definition) is 1. The summed E-state index contributed by atoms with van der Waals surface area (Å²) in [4.78, 5) is 12.0. The number of halogens is 1. The van der Waals surface area contributed by atoms with Gasteiger partial charge in [-0.15, -0.1) is 10.2 Å². The zero-order valence-electron chi connectivity index (χ0n) is 13.2. The summed E-state index contributed by atoms with van der Waals surface area (Å²) >= 11 is 7.23. The molecule has 1 N–H and O–H groups in total. The number of ether oxygens (including phenoxy) is 2. The molecule has 0 aliphatic carbocycles. The van der Waals surface area contributed by atoms with Crippen molar-refractivity contribution in [3.05, 3.63) is 53.6 Å². The van der Waals surface area contributed by atoms with Crippen molar-refractivity contribution in [1.82, 2.24) is 10.2 Å². The fourth-order valence-electron chi connectivity index (χ4n) is 2.06. The standard InChI is InChI=1S/C17H14ClN3O3S/c1-23-13-8-4-2-6-11(13)16-20-21-17(25-16)19-15(22)10-24-14-9-5-3-7-12(14)18/h2-9H,10H2,1H3,(H,19,21,22). The highest BCUT2D eigenvalue weighted by atomic mass is 35.5. The Labute approximate surface area is 153 Å². The van der Waals surface area contributed by atoms with Gasteiger partial charge in [-0.05, 0) is 24.3 Å². The lowest BCUT2D eigenvalue weighted by molar-refractivity contribution is -0.118. The van der Waals surface area contributed by atoms with Gasteiger partial charge >= 0.3 is 0 Å². The smallest absolute Gasteiger partial charge is 0.264 e. The molecule has 25 heavy (non-hydrogen) atoms. The van der Waals surface area contributed by atoms with Crippen molar-refractivity contribution in [2.45, 2.75) is 0 Å². The molecule has 0 aliphatic heterocycles. The predicted molar refractivity (Wildman–Crippen MR) is 97.5 cm³/mol. The Morgan fingerprint density at radius 1 is 1.12 bits per heavy atom. The van der Waals surface area contributed by atoms with Crippen molar-refractivity contribution in [3.8, 4) is 22.1 Å². The highest BCUT2D eigenvalue weighted by Crippen LogP contribution is 2.33. The largest absolute Gasteiger partial charge is 0.496 e. The third-order valence-corrected chi connectivity index (χ3v) is 4.39. The van der Waals surface area contributed by atoms with Crippen molar-refractivity contribution in [2.24, 2.45) is 0 Å². The fourth-order valence-corrected chi connectivity index (χ4v) is 3.04. The van der Waals surface area contributed by atoms with E-state index in [0.29, 0.717) is 26.7 Å². The second kappa shape index (κ2) is 7.96. The van der Waals surface area contributed by atoms with Gasteiger partial charge in [0, 0.05) is 0 Å². The highest BCUT2D eigenvalue weighted by Gasteiger charge is 2.13. The summed E-state index contributed by atoms with van der Waals surface area (Å²) in [6.45, 7) is -0.173. The van der Waals surface area contributed by atoms with Crippen LogP contribution in [-0.4, -0.2) is 29.8 Å². The number of anilines is 1. The first-order valence-corrected chi connectivity index (χ1v) is 8.51. The Bertz CT molecular complexity index is 885. The van der Waals surface area contributed by atoms with E-state index in [1.807, 2.05) is 24.3 Å². The number of nitrogens with zero attached hydrogens (tertiary/aromatic N) is 2. The lowest BCUT2D eigenvalue weighted by atomic mass is 10.2. The molecule has 0 unspecified atom stereocenters. The van der Waals surface area contributed by atoms with E-state index in [-0.39, 0.29) is 12.5 Å². The highest BCUT2D eigenvalue weighted by molar-refractivity contribution is 7.18. The molecule has 1 amide bonds. The van der Waals surface area contributed by atoms with Gasteiger partial charge < -0.3 is 9.47 Å². The van der Waals surface area contributed by atoms with Gasteiger partial charge in [0.05, 0.1) is 17.7 Å². The Kier molecular flexibility index (Phi) is 5.47. The van der Waals surface area contributed by atoms with Crippen molar-refractivity contribution in [2.75, 3.05) is 19.0 Å². The molecule has 3 rings (SSSR count). The van der Waals surface area contributed by atoms with Crippen molar-refractivity contribution < 1.29 is 14.3 Å². The topological polar surface area (TPSA) is 73.3 Å². The first-order chi connectivity index (χ1) is 12.2. The molecule has 128 valence electrons. The number of carbonyl (C=O) groups excluding carboxylic acids is 1. The van der Waals surface area contributed by atoms with Crippen LogP contribution >= 0.6 is 22.9 Å². The number of rotatable bonds is 6. The average molecular weight is 376 g/mol. The average Bonchev–Trinajstić information content (AvgIpc) is 3.09. The molecular weight excluding hydrogens is 362 g/mol. The van der Waals surface area contributed by atoms with E-state index >= 15 is 0 Å². The Morgan fingerprint density at radius 3 is 2.60 bits per heavy atom. The minimum Gasteiger partial charge on any atom is -0.496 e. The molecule has 0 radical (unpaired) electrons. The van der Waals surface area contributed by atoms with E-state index in [2.05, 4.69) is 15.5 Å². The summed E-state index contributed by atoms with van der Waals surface area (Å²) in [6, 6.07) is 14.4. The molecule has 8 heteroatoms. The van der Waals surface area contributed by atoms with Crippen LogP contribution in [-0.2, 0) is 4.79 Å². The van der Waals surface area contributed by atoms with E-state index in [1.165, 1.54) is 11.3 Å². The molecule has 0 saturated heterocycles. The van der Waals surface area contributed by atoms with Crippen LogP contribution in [0.3, 0.4) is 0 Å². The number of para-hydroxylation sites is 2. The summed E-state index contributed by atoms with van der Waals surface area (Å²) in [6.07, 6.45) is 0. The van der Waals surface area contributed by atoms with Gasteiger partial charge in [-0.1, -0.05) is 47.2 Å². The van der Waals surface area contributed by atoms with E-state index < -0.39 is 0 Å². The van der Waals surface area contributed by atoms with Crippen LogP contribution in [0.15, 0.2) is 48.5 Å². The SMILES string of the molecule is COc1ccccc1-c1nnc(NC(=O)COc2ccccc2Cl)s1. The van der Waals surface area contributed by atoms with Crippen LogP contribution in [0.25, 0.3) is 10.6 Å². The van der Waals surface area contributed by atoms with Crippen LogP contribution in [0, 0.1) is 0 Å². The molecule has 0 aliphatic rings. The monoisotopic (exact) mass is 375 g/mol. The quantitative estimate of drug-likeness (QED) is 0.707. The van der Waals surface area contributed by atoms with Crippen LogP contribution in [0.5, 0.6) is 11.5 Å². The van der Waals surface area contributed by atoms with E-state index in [0.717, 1.165) is 5.56 Å². The molecule has 6 nitrogen and oxygen atoms in total. The number of methoxy groups -OCH3 is 1. The number of hydrogen-bond acceptors (Lipinski definition) is 6. The maximum atomic E-state index is 12.0. The third-order valence-electron chi connectivity index (χ3n) is 3.20. The van der Waals surface area contributed by atoms with E-state index in [1.54, 1.807) is 31.4 Å². The Hall–Kier alpha value is -2.64. The number of amides is 1. The number of carbonyl (C=O) groups is 1. The number of nitrogens with one attached hydrogen (secondary N) is 1. The molecule has 0 fully saturated rings. The summed E-state index contributed by atoms with van der Waals surface area (Å²) in [5, 5.41) is 12.2. The molecule has 2 aromatic carbocycles. The minimum atomic E-state index is -0.345. The van der Waals surface area contributed by atoms with Crippen LogP contribution in [0.2, 0.25) is 5.02 Å². The second-order valence-corrected chi connectivity index (χ2v) is 6.26. The summed E-state index contributed by atoms with van der Waals surface area (Å²) in [5.74, 6) is 0.799. The van der Waals surface area contributed by atoms with Gasteiger partial charge in [-0.2, -0.15) is 0 Å². The Balaban J connectivity index is 1.63. The number of benzene rings is 2. The van der Waals surface area contributed by atoms with Gasteiger partial charge in [-0.3, -0.25) is 10.1 Å².